The summed E-state index contributed by atoms with van der Waals surface area (Å²) in [6, 6.07) is 18.6. The van der Waals surface area contributed by atoms with Gasteiger partial charge in [0.15, 0.2) is 0 Å². The van der Waals surface area contributed by atoms with E-state index in [1.165, 1.54) is 41.3 Å². The Morgan fingerprint density at radius 2 is 1.53 bits per heavy atom. The van der Waals surface area contributed by atoms with Crippen LogP contribution in [0.3, 0.4) is 0 Å². The standard InChI is InChI=1S/C29H30F2N4O3/c1-2-15-35(28(37)21-7-9-22(30)10-8-21)20-27(36)32-23-11-13-24(14-12-23)33-16-18-34(19-17-33)29(38)25-5-3-4-6-26(25)31/h3-14H,2,15-20H2,1H3,(H,32,36). The van der Waals surface area contributed by atoms with E-state index in [4.69, 9.17) is 0 Å². The van der Waals surface area contributed by atoms with Crippen LogP contribution in [0.5, 0.6) is 0 Å². The van der Waals surface area contributed by atoms with Crippen LogP contribution in [0.2, 0.25) is 0 Å². The Morgan fingerprint density at radius 3 is 2.16 bits per heavy atom. The lowest BCUT2D eigenvalue weighted by Gasteiger charge is -2.36. The third kappa shape index (κ3) is 6.53. The SMILES string of the molecule is CCCN(CC(=O)Nc1ccc(N2CCN(C(=O)c3ccccc3F)CC2)cc1)C(=O)c1ccc(F)cc1. The van der Waals surface area contributed by atoms with Crippen molar-refractivity contribution in [3.63, 3.8) is 0 Å². The van der Waals surface area contributed by atoms with Gasteiger partial charge in [0.1, 0.15) is 18.2 Å². The molecule has 3 aromatic rings. The molecular weight excluding hydrogens is 490 g/mol. The molecule has 9 heteroatoms. The summed E-state index contributed by atoms with van der Waals surface area (Å²) in [6.45, 7) is 4.34. The molecule has 1 saturated heterocycles. The summed E-state index contributed by atoms with van der Waals surface area (Å²) in [5, 5.41) is 2.82. The normalized spacial score (nSPS) is 13.2. The Balaban J connectivity index is 1.30. The van der Waals surface area contributed by atoms with E-state index >= 15 is 0 Å². The predicted octanol–water partition coefficient (Wildman–Crippen LogP) is 4.42. The zero-order chi connectivity index (χ0) is 27.1. The molecule has 38 heavy (non-hydrogen) atoms. The highest BCUT2D eigenvalue weighted by atomic mass is 19.1. The van der Waals surface area contributed by atoms with Crippen molar-refractivity contribution in [1.29, 1.82) is 0 Å². The van der Waals surface area contributed by atoms with Gasteiger partial charge in [-0.2, -0.15) is 0 Å². The largest absolute Gasteiger partial charge is 0.368 e. The minimum absolute atomic E-state index is 0.0814. The number of carbonyl (C=O) groups is 3. The first-order valence-electron chi connectivity index (χ1n) is 12.6. The van der Waals surface area contributed by atoms with Crippen LogP contribution in [-0.2, 0) is 4.79 Å². The summed E-state index contributed by atoms with van der Waals surface area (Å²) >= 11 is 0. The Kier molecular flexibility index (Phi) is 8.68. The third-order valence-electron chi connectivity index (χ3n) is 6.39. The lowest BCUT2D eigenvalue weighted by atomic mass is 10.1. The Hall–Kier alpha value is -4.27. The van der Waals surface area contributed by atoms with Crippen molar-refractivity contribution in [1.82, 2.24) is 9.80 Å². The highest BCUT2D eigenvalue weighted by Crippen LogP contribution is 2.21. The molecule has 1 N–H and O–H groups in total. The molecule has 0 aromatic heterocycles. The molecule has 3 aromatic carbocycles. The summed E-state index contributed by atoms with van der Waals surface area (Å²) in [5.41, 5.74) is 1.95. The number of piperazine rings is 1. The average Bonchev–Trinajstić information content (AvgIpc) is 2.93. The maximum atomic E-state index is 14.0. The smallest absolute Gasteiger partial charge is 0.256 e. The number of hydrogen-bond acceptors (Lipinski definition) is 4. The number of benzene rings is 3. The molecule has 0 bridgehead atoms. The number of hydrogen-bond donors (Lipinski definition) is 1. The molecule has 4 rings (SSSR count). The van der Waals surface area contributed by atoms with Crippen LogP contribution < -0.4 is 10.2 Å². The fourth-order valence-electron chi connectivity index (χ4n) is 4.40. The zero-order valence-corrected chi connectivity index (χ0v) is 21.2. The van der Waals surface area contributed by atoms with E-state index in [1.54, 1.807) is 29.2 Å². The molecule has 0 unspecified atom stereocenters. The first kappa shape index (κ1) is 26.8. The molecule has 0 spiro atoms. The second kappa shape index (κ2) is 12.3. The van der Waals surface area contributed by atoms with Gasteiger partial charge in [0, 0.05) is 49.7 Å². The van der Waals surface area contributed by atoms with Crippen molar-refractivity contribution in [2.75, 3.05) is 49.5 Å². The Morgan fingerprint density at radius 1 is 0.868 bits per heavy atom. The van der Waals surface area contributed by atoms with Gasteiger partial charge in [0.25, 0.3) is 11.8 Å². The van der Waals surface area contributed by atoms with Crippen molar-refractivity contribution < 1.29 is 23.2 Å². The van der Waals surface area contributed by atoms with Crippen LogP contribution in [-0.4, -0.2) is 66.8 Å². The lowest BCUT2D eigenvalue weighted by molar-refractivity contribution is -0.116. The number of rotatable bonds is 8. The zero-order valence-electron chi connectivity index (χ0n) is 21.2. The van der Waals surface area contributed by atoms with E-state index in [-0.39, 0.29) is 29.8 Å². The number of halogens is 2. The molecule has 0 atom stereocenters. The van der Waals surface area contributed by atoms with E-state index in [9.17, 15) is 23.2 Å². The maximum Gasteiger partial charge on any atom is 0.256 e. The molecule has 3 amide bonds. The van der Waals surface area contributed by atoms with Crippen molar-refractivity contribution in [3.8, 4) is 0 Å². The number of anilines is 2. The minimum Gasteiger partial charge on any atom is -0.368 e. The molecule has 7 nitrogen and oxygen atoms in total. The average molecular weight is 521 g/mol. The van der Waals surface area contributed by atoms with Crippen LogP contribution >= 0.6 is 0 Å². The van der Waals surface area contributed by atoms with E-state index in [0.717, 1.165) is 5.69 Å². The maximum absolute atomic E-state index is 14.0. The van der Waals surface area contributed by atoms with Gasteiger partial charge in [0.05, 0.1) is 5.56 Å². The fourth-order valence-corrected chi connectivity index (χ4v) is 4.40. The van der Waals surface area contributed by atoms with E-state index in [1.807, 2.05) is 19.1 Å². The van der Waals surface area contributed by atoms with Crippen LogP contribution in [0, 0.1) is 11.6 Å². The summed E-state index contributed by atoms with van der Waals surface area (Å²) in [5.74, 6) is -1.92. The van der Waals surface area contributed by atoms with Crippen LogP contribution in [0.25, 0.3) is 0 Å². The second-order valence-corrected chi connectivity index (χ2v) is 9.09. The van der Waals surface area contributed by atoms with Crippen molar-refractivity contribution in [2.45, 2.75) is 13.3 Å². The van der Waals surface area contributed by atoms with Crippen LogP contribution in [0.15, 0.2) is 72.8 Å². The Bertz CT molecular complexity index is 1270. The predicted molar refractivity (Wildman–Crippen MR) is 142 cm³/mol. The molecule has 0 saturated carbocycles. The van der Waals surface area contributed by atoms with Crippen LogP contribution in [0.1, 0.15) is 34.1 Å². The molecule has 1 aliphatic rings. The van der Waals surface area contributed by atoms with Gasteiger partial charge in [-0.3, -0.25) is 14.4 Å². The number of amides is 3. The van der Waals surface area contributed by atoms with Crippen molar-refractivity contribution in [3.05, 3.63) is 95.6 Å². The molecule has 0 aliphatic carbocycles. The topological polar surface area (TPSA) is 73.0 Å². The lowest BCUT2D eigenvalue weighted by Crippen LogP contribution is -2.49. The van der Waals surface area contributed by atoms with Gasteiger partial charge < -0.3 is 20.0 Å². The molecule has 1 fully saturated rings. The highest BCUT2D eigenvalue weighted by molar-refractivity contribution is 5.99. The van der Waals surface area contributed by atoms with E-state index in [0.29, 0.717) is 50.4 Å². The van der Waals surface area contributed by atoms with E-state index in [2.05, 4.69) is 10.2 Å². The first-order valence-corrected chi connectivity index (χ1v) is 12.6. The quantitative estimate of drug-likeness (QED) is 0.478. The molecule has 1 heterocycles. The fraction of sp³-hybridized carbons (Fsp3) is 0.276. The Labute approximate surface area is 220 Å². The molecule has 198 valence electrons. The minimum atomic E-state index is -0.518. The third-order valence-corrected chi connectivity index (χ3v) is 6.39. The summed E-state index contributed by atoms with van der Waals surface area (Å²) in [6.07, 6.45) is 0.675. The number of nitrogens with zero attached hydrogens (tertiary/aromatic N) is 3. The first-order chi connectivity index (χ1) is 18.4. The number of carbonyl (C=O) groups excluding carboxylic acids is 3. The number of nitrogens with one attached hydrogen (secondary N) is 1. The highest BCUT2D eigenvalue weighted by Gasteiger charge is 2.24. The van der Waals surface area contributed by atoms with Crippen molar-refractivity contribution in [2.24, 2.45) is 0 Å². The van der Waals surface area contributed by atoms with Crippen molar-refractivity contribution >= 4 is 29.1 Å². The molecular formula is C29H30F2N4O3. The van der Waals surface area contributed by atoms with Gasteiger partial charge in [-0.05, 0) is 67.1 Å². The monoisotopic (exact) mass is 520 g/mol. The van der Waals surface area contributed by atoms with Gasteiger partial charge in [-0.1, -0.05) is 19.1 Å². The summed E-state index contributed by atoms with van der Waals surface area (Å²) in [7, 11) is 0. The summed E-state index contributed by atoms with van der Waals surface area (Å²) in [4.78, 5) is 43.3. The van der Waals surface area contributed by atoms with Gasteiger partial charge in [0.2, 0.25) is 5.91 Å². The second-order valence-electron chi connectivity index (χ2n) is 9.09. The molecule has 0 radical (unpaired) electrons. The molecule has 1 aliphatic heterocycles. The van der Waals surface area contributed by atoms with Gasteiger partial charge in [-0.25, -0.2) is 8.78 Å². The van der Waals surface area contributed by atoms with Gasteiger partial charge in [-0.15, -0.1) is 0 Å². The van der Waals surface area contributed by atoms with Crippen LogP contribution in [0.4, 0.5) is 20.2 Å². The summed E-state index contributed by atoms with van der Waals surface area (Å²) < 4.78 is 27.2. The van der Waals surface area contributed by atoms with Gasteiger partial charge >= 0.3 is 0 Å². The van der Waals surface area contributed by atoms with E-state index < -0.39 is 11.6 Å².